The maximum Gasteiger partial charge on any atom is 0.337 e. The number of allylic oxidation sites excluding steroid dienone is 3. The van der Waals surface area contributed by atoms with Crippen molar-refractivity contribution in [1.29, 1.82) is 0 Å². The van der Waals surface area contributed by atoms with Crippen molar-refractivity contribution in [2.45, 2.75) is 77.7 Å². The Morgan fingerprint density at radius 1 is 1.00 bits per heavy atom. The summed E-state index contributed by atoms with van der Waals surface area (Å²) >= 11 is 0. The molecule has 0 amide bonds. The van der Waals surface area contributed by atoms with Crippen LogP contribution in [0.2, 0.25) is 0 Å². The predicted octanol–water partition coefficient (Wildman–Crippen LogP) is 6.32. The molecule has 2 aromatic rings. The first kappa shape index (κ1) is 21.9. The van der Waals surface area contributed by atoms with Crippen molar-refractivity contribution in [3.05, 3.63) is 70.6 Å². The highest BCUT2D eigenvalue weighted by atomic mass is 16.5. The second kappa shape index (κ2) is 8.48. The van der Waals surface area contributed by atoms with E-state index in [4.69, 9.17) is 4.74 Å². The number of ketones is 1. The summed E-state index contributed by atoms with van der Waals surface area (Å²) < 4.78 is 6.05. The van der Waals surface area contributed by atoms with E-state index in [1.165, 1.54) is 6.42 Å². The molecule has 1 fully saturated rings. The average Bonchev–Trinajstić information content (AvgIpc) is 2.77. The summed E-state index contributed by atoms with van der Waals surface area (Å²) in [7, 11) is 0. The minimum Gasteiger partial charge on any atom is -0.459 e. The van der Waals surface area contributed by atoms with Crippen LogP contribution in [0.1, 0.15) is 77.2 Å². The fourth-order valence-corrected chi connectivity index (χ4v) is 5.92. The van der Waals surface area contributed by atoms with Gasteiger partial charge in [0.05, 0.1) is 5.57 Å². The molecular weight excluding hydrogens is 410 g/mol. The Hall–Kier alpha value is -2.88. The number of nitrogens with one attached hydrogen (secondary N) is 1. The molecule has 2 aliphatic carbocycles. The molecule has 0 saturated heterocycles. The first-order chi connectivity index (χ1) is 15.8. The first-order valence-electron chi connectivity index (χ1n) is 12.3. The number of benzene rings is 2. The Morgan fingerprint density at radius 3 is 2.52 bits per heavy atom. The van der Waals surface area contributed by atoms with Crippen LogP contribution in [0.5, 0.6) is 0 Å². The number of carbonyl (C=O) groups excluding carboxylic acids is 2. The van der Waals surface area contributed by atoms with E-state index in [0.717, 1.165) is 65.4 Å². The Bertz CT molecular complexity index is 1180. The van der Waals surface area contributed by atoms with Crippen molar-refractivity contribution in [2.24, 2.45) is 5.41 Å². The number of fused-ring (bicyclic) bond motifs is 1. The van der Waals surface area contributed by atoms with E-state index < -0.39 is 5.92 Å². The van der Waals surface area contributed by atoms with Gasteiger partial charge in [-0.2, -0.15) is 0 Å². The highest BCUT2D eigenvalue weighted by Crippen LogP contribution is 2.48. The zero-order chi connectivity index (χ0) is 23.2. The Morgan fingerprint density at radius 2 is 1.73 bits per heavy atom. The van der Waals surface area contributed by atoms with Gasteiger partial charge in [0.25, 0.3) is 0 Å². The van der Waals surface area contributed by atoms with Gasteiger partial charge in [0.15, 0.2) is 5.78 Å². The van der Waals surface area contributed by atoms with Crippen molar-refractivity contribution >= 4 is 22.5 Å². The van der Waals surface area contributed by atoms with Gasteiger partial charge in [0.2, 0.25) is 0 Å². The second-order valence-corrected chi connectivity index (χ2v) is 10.7. The number of hydrogen-bond donors (Lipinski definition) is 1. The van der Waals surface area contributed by atoms with Crippen LogP contribution in [0.4, 0.5) is 0 Å². The third-order valence-corrected chi connectivity index (χ3v) is 7.42. The van der Waals surface area contributed by atoms with Crippen molar-refractivity contribution in [3.8, 4) is 0 Å². The average molecular weight is 444 g/mol. The van der Waals surface area contributed by atoms with Crippen LogP contribution in [0.15, 0.2) is 65.0 Å². The van der Waals surface area contributed by atoms with Crippen molar-refractivity contribution < 1.29 is 14.3 Å². The smallest absolute Gasteiger partial charge is 0.337 e. The van der Waals surface area contributed by atoms with E-state index >= 15 is 0 Å². The van der Waals surface area contributed by atoms with E-state index in [1.54, 1.807) is 0 Å². The number of dihydropyridines is 1. The zero-order valence-corrected chi connectivity index (χ0v) is 19.9. The summed E-state index contributed by atoms with van der Waals surface area (Å²) in [4.78, 5) is 27.2. The second-order valence-electron chi connectivity index (χ2n) is 10.7. The molecular formula is C29H33NO3. The van der Waals surface area contributed by atoms with Gasteiger partial charge >= 0.3 is 5.97 Å². The maximum atomic E-state index is 13.7. The van der Waals surface area contributed by atoms with Crippen LogP contribution >= 0.6 is 0 Å². The lowest BCUT2D eigenvalue weighted by molar-refractivity contribution is -0.146. The van der Waals surface area contributed by atoms with Gasteiger partial charge < -0.3 is 10.1 Å². The van der Waals surface area contributed by atoms with Crippen LogP contribution in [0, 0.1) is 5.41 Å². The molecule has 2 aromatic carbocycles. The molecule has 0 radical (unpaired) electrons. The molecule has 0 bridgehead atoms. The topological polar surface area (TPSA) is 55.4 Å². The van der Waals surface area contributed by atoms with Crippen molar-refractivity contribution in [1.82, 2.24) is 5.32 Å². The summed E-state index contributed by atoms with van der Waals surface area (Å²) in [6, 6.07) is 14.4. The molecule has 0 spiro atoms. The van der Waals surface area contributed by atoms with Crippen LogP contribution in [-0.4, -0.2) is 17.9 Å². The van der Waals surface area contributed by atoms with E-state index in [-0.39, 0.29) is 23.3 Å². The van der Waals surface area contributed by atoms with Crippen molar-refractivity contribution in [3.63, 3.8) is 0 Å². The third kappa shape index (κ3) is 4.12. The minimum atomic E-state index is -0.410. The summed E-state index contributed by atoms with van der Waals surface area (Å²) in [6.07, 6.45) is 6.49. The first-order valence-corrected chi connectivity index (χ1v) is 12.3. The summed E-state index contributed by atoms with van der Waals surface area (Å²) in [5.74, 6) is -0.566. The fraction of sp³-hybridized carbons (Fsp3) is 0.448. The molecule has 33 heavy (non-hydrogen) atoms. The molecule has 1 heterocycles. The molecule has 3 aliphatic rings. The van der Waals surface area contributed by atoms with E-state index in [2.05, 4.69) is 43.4 Å². The van der Waals surface area contributed by atoms with E-state index in [1.807, 2.05) is 25.1 Å². The lowest BCUT2D eigenvalue weighted by Crippen LogP contribution is -2.39. The predicted molar refractivity (Wildman–Crippen MR) is 131 cm³/mol. The lowest BCUT2D eigenvalue weighted by atomic mass is 9.68. The molecule has 5 rings (SSSR count). The van der Waals surface area contributed by atoms with Crippen LogP contribution < -0.4 is 5.32 Å². The molecule has 172 valence electrons. The zero-order valence-electron chi connectivity index (χ0n) is 19.9. The molecule has 0 aromatic heterocycles. The maximum absolute atomic E-state index is 13.7. The number of esters is 1. The summed E-state index contributed by atoms with van der Waals surface area (Å²) in [5.41, 5.74) is 3.99. The monoisotopic (exact) mass is 443 g/mol. The summed E-state index contributed by atoms with van der Waals surface area (Å²) in [5, 5.41) is 5.64. The Labute approximate surface area is 196 Å². The van der Waals surface area contributed by atoms with Crippen LogP contribution in [0.3, 0.4) is 0 Å². The van der Waals surface area contributed by atoms with Gasteiger partial charge in [0, 0.05) is 29.3 Å². The highest BCUT2D eigenvalue weighted by molar-refractivity contribution is 6.05. The normalized spacial score (nSPS) is 23.4. The largest absolute Gasteiger partial charge is 0.459 e. The number of carbonyl (C=O) groups is 2. The Kier molecular flexibility index (Phi) is 5.64. The molecule has 1 aliphatic heterocycles. The van der Waals surface area contributed by atoms with Gasteiger partial charge in [-0.1, -0.05) is 62.7 Å². The number of Topliss-reactive ketones (excluding diaryl/α,β-unsaturated/α-hetero) is 1. The molecule has 1 atom stereocenters. The molecule has 1 N–H and O–H groups in total. The van der Waals surface area contributed by atoms with E-state index in [9.17, 15) is 9.59 Å². The molecule has 4 heteroatoms. The van der Waals surface area contributed by atoms with Crippen LogP contribution in [-0.2, 0) is 14.3 Å². The molecule has 4 nitrogen and oxygen atoms in total. The standard InChI is InChI=1S/C29H33NO3/c1-18-25(28(32)33-20-12-5-4-6-13-20)26(22-15-9-11-19-10-7-8-14-21(19)22)27-23(30-18)16-29(2,3)17-24(27)31/h7-11,14-15,20,26,30H,4-6,12-13,16-17H2,1-3H3/t26-/m0/s1. The minimum absolute atomic E-state index is 0.0314. The van der Waals surface area contributed by atoms with Gasteiger partial charge in [-0.3, -0.25) is 4.79 Å². The van der Waals surface area contributed by atoms with Crippen molar-refractivity contribution in [2.75, 3.05) is 0 Å². The number of rotatable bonds is 3. The van der Waals surface area contributed by atoms with E-state index in [0.29, 0.717) is 12.0 Å². The lowest BCUT2D eigenvalue weighted by Gasteiger charge is -2.40. The number of ether oxygens (including phenoxy) is 1. The van der Waals surface area contributed by atoms with Gasteiger partial charge in [-0.05, 0) is 60.8 Å². The summed E-state index contributed by atoms with van der Waals surface area (Å²) in [6.45, 7) is 6.22. The molecule has 0 unspecified atom stereocenters. The SMILES string of the molecule is CC1=C(C(=O)OC2CCCCC2)[C@H](c2cccc3ccccc23)C2=C(CC(C)(C)CC2=O)N1. The van der Waals surface area contributed by atoms with Crippen LogP contribution in [0.25, 0.3) is 10.8 Å². The van der Waals surface area contributed by atoms with Gasteiger partial charge in [-0.15, -0.1) is 0 Å². The Balaban J connectivity index is 1.64. The third-order valence-electron chi connectivity index (χ3n) is 7.42. The highest BCUT2D eigenvalue weighted by Gasteiger charge is 2.43. The van der Waals surface area contributed by atoms with Gasteiger partial charge in [-0.25, -0.2) is 4.79 Å². The number of hydrogen-bond acceptors (Lipinski definition) is 4. The quantitative estimate of drug-likeness (QED) is 0.564. The fourth-order valence-electron chi connectivity index (χ4n) is 5.92. The molecule has 1 saturated carbocycles. The van der Waals surface area contributed by atoms with Gasteiger partial charge in [0.1, 0.15) is 6.10 Å².